The Morgan fingerprint density at radius 2 is 2.18 bits per heavy atom. The van der Waals surface area contributed by atoms with Crippen LogP contribution in [0.5, 0.6) is 5.75 Å². The summed E-state index contributed by atoms with van der Waals surface area (Å²) in [4.78, 5) is 17.7. The predicted octanol–water partition coefficient (Wildman–Crippen LogP) is 3.88. The van der Waals surface area contributed by atoms with Gasteiger partial charge in [0, 0.05) is 22.7 Å². The van der Waals surface area contributed by atoms with Gasteiger partial charge in [-0.2, -0.15) is 0 Å². The lowest BCUT2D eigenvalue weighted by Gasteiger charge is -1.97. The van der Waals surface area contributed by atoms with Crippen LogP contribution in [0.15, 0.2) is 41.8 Å². The molecule has 0 atom stereocenters. The van der Waals surface area contributed by atoms with E-state index in [9.17, 15) is 9.90 Å². The highest BCUT2D eigenvalue weighted by Crippen LogP contribution is 2.33. The molecule has 1 amide bonds. The molecule has 1 aromatic carbocycles. The highest BCUT2D eigenvalue weighted by Gasteiger charge is 2.09. The minimum atomic E-state index is -0.0326. The molecule has 0 unspecified atom stereocenters. The molecule has 0 aliphatic rings. The Kier molecular flexibility index (Phi) is 4.22. The highest BCUT2D eigenvalue weighted by molar-refractivity contribution is 7.16. The molecule has 0 aliphatic heterocycles. The Morgan fingerprint density at radius 1 is 1.32 bits per heavy atom. The molecular weight excluding hydrogens is 316 g/mol. The smallest absolute Gasteiger partial charge is 0.217 e. The van der Waals surface area contributed by atoms with Crippen LogP contribution >= 0.6 is 22.7 Å². The van der Waals surface area contributed by atoms with Gasteiger partial charge in [-0.05, 0) is 24.3 Å². The Hall–Kier alpha value is -2.18. The zero-order valence-corrected chi connectivity index (χ0v) is 13.5. The molecule has 0 saturated heterocycles. The lowest BCUT2D eigenvalue weighted by Crippen LogP contribution is -2.17. The number of rotatable bonds is 4. The van der Waals surface area contributed by atoms with Crippen molar-refractivity contribution in [3.63, 3.8) is 0 Å². The van der Waals surface area contributed by atoms with Gasteiger partial charge in [-0.3, -0.25) is 4.79 Å². The number of phenols is 1. The monoisotopic (exact) mass is 330 g/mol. The fourth-order valence-corrected chi connectivity index (χ4v) is 3.78. The van der Waals surface area contributed by atoms with Crippen molar-refractivity contribution in [1.29, 1.82) is 0 Å². The molecular formula is C16H14N2O2S2. The van der Waals surface area contributed by atoms with E-state index >= 15 is 0 Å². The van der Waals surface area contributed by atoms with Gasteiger partial charge >= 0.3 is 0 Å². The van der Waals surface area contributed by atoms with Crippen molar-refractivity contribution in [1.82, 2.24) is 10.3 Å². The van der Waals surface area contributed by atoms with E-state index in [2.05, 4.69) is 10.3 Å². The Bertz CT molecular complexity index is 808. The molecule has 2 N–H and O–H groups in total. The maximum atomic E-state index is 10.9. The fraction of sp³-hybridized carbons (Fsp3) is 0.125. The third kappa shape index (κ3) is 3.35. The Morgan fingerprint density at radius 3 is 2.95 bits per heavy atom. The van der Waals surface area contributed by atoms with Gasteiger partial charge < -0.3 is 10.4 Å². The second-order valence-electron chi connectivity index (χ2n) is 4.76. The number of aromatic hydroxyl groups is 1. The van der Waals surface area contributed by atoms with Crippen LogP contribution in [0.3, 0.4) is 0 Å². The number of carbonyl (C=O) groups is 1. The van der Waals surface area contributed by atoms with Gasteiger partial charge in [-0.15, -0.1) is 22.7 Å². The first-order chi connectivity index (χ1) is 10.6. The van der Waals surface area contributed by atoms with Crippen LogP contribution in [0.4, 0.5) is 0 Å². The van der Waals surface area contributed by atoms with Crippen LogP contribution in [0, 0.1) is 0 Å². The fourth-order valence-electron chi connectivity index (χ4n) is 1.98. The molecule has 0 radical (unpaired) electrons. The van der Waals surface area contributed by atoms with Crippen LogP contribution in [0.1, 0.15) is 11.8 Å². The van der Waals surface area contributed by atoms with Gasteiger partial charge in [0.1, 0.15) is 10.8 Å². The number of phenolic OH excluding ortho intramolecular Hbond substituents is 1. The minimum absolute atomic E-state index is 0.0326. The van der Waals surface area contributed by atoms with E-state index in [0.29, 0.717) is 6.54 Å². The number of amides is 1. The Labute approximate surface area is 136 Å². The topological polar surface area (TPSA) is 62.2 Å². The van der Waals surface area contributed by atoms with Crippen LogP contribution in [-0.4, -0.2) is 16.0 Å². The summed E-state index contributed by atoms with van der Waals surface area (Å²) in [5, 5.41) is 15.2. The van der Waals surface area contributed by atoms with Crippen molar-refractivity contribution >= 4 is 28.6 Å². The number of hydrogen-bond donors (Lipinski definition) is 2. The van der Waals surface area contributed by atoms with E-state index in [1.54, 1.807) is 34.8 Å². The van der Waals surface area contributed by atoms with E-state index in [0.717, 1.165) is 26.0 Å². The molecule has 2 aromatic heterocycles. The summed E-state index contributed by atoms with van der Waals surface area (Å²) in [6.07, 6.45) is 0. The Balaban J connectivity index is 1.80. The first-order valence-electron chi connectivity index (χ1n) is 6.70. The van der Waals surface area contributed by atoms with Gasteiger partial charge in [0.25, 0.3) is 0 Å². The molecule has 3 aromatic rings. The van der Waals surface area contributed by atoms with Crippen LogP contribution in [0.2, 0.25) is 0 Å². The van der Waals surface area contributed by atoms with Gasteiger partial charge in [-0.1, -0.05) is 12.1 Å². The number of thiazole rings is 1. The lowest BCUT2D eigenvalue weighted by atomic mass is 10.2. The summed E-state index contributed by atoms with van der Waals surface area (Å²) in [6, 6.07) is 11.1. The third-order valence-electron chi connectivity index (χ3n) is 3.02. The van der Waals surface area contributed by atoms with E-state index in [4.69, 9.17) is 0 Å². The second-order valence-corrected chi connectivity index (χ2v) is 6.79. The molecule has 3 rings (SSSR count). The summed E-state index contributed by atoms with van der Waals surface area (Å²) in [5.74, 6) is 0.206. The molecule has 0 spiro atoms. The molecule has 0 saturated carbocycles. The number of nitrogens with one attached hydrogen (secondary N) is 1. The van der Waals surface area contributed by atoms with Gasteiger partial charge in [0.05, 0.1) is 17.1 Å². The quantitative estimate of drug-likeness (QED) is 0.763. The van der Waals surface area contributed by atoms with Crippen molar-refractivity contribution in [3.8, 4) is 26.9 Å². The molecule has 0 fully saturated rings. The maximum absolute atomic E-state index is 10.9. The molecule has 0 bridgehead atoms. The summed E-state index contributed by atoms with van der Waals surface area (Å²) < 4.78 is 0. The number of carbonyl (C=O) groups excluding carboxylic acids is 1. The molecule has 0 aliphatic carbocycles. The molecule has 22 heavy (non-hydrogen) atoms. The van der Waals surface area contributed by atoms with Gasteiger partial charge in [0.2, 0.25) is 5.91 Å². The van der Waals surface area contributed by atoms with Crippen molar-refractivity contribution in [2.45, 2.75) is 13.5 Å². The zero-order valence-electron chi connectivity index (χ0n) is 11.9. The number of benzene rings is 1. The minimum Gasteiger partial charge on any atom is -0.508 e. The van der Waals surface area contributed by atoms with Crippen LogP contribution in [0.25, 0.3) is 21.1 Å². The third-order valence-corrected chi connectivity index (χ3v) is 5.02. The van der Waals surface area contributed by atoms with E-state index in [-0.39, 0.29) is 11.7 Å². The number of nitrogens with zero attached hydrogens (tertiary/aromatic N) is 1. The molecule has 4 nitrogen and oxygen atoms in total. The average molecular weight is 330 g/mol. The van der Waals surface area contributed by atoms with Gasteiger partial charge in [-0.25, -0.2) is 4.98 Å². The standard InChI is InChI=1S/C16H14N2O2S2/c1-10(19)17-8-13-5-6-15(22-13)14-9-21-16(18-14)11-3-2-4-12(20)7-11/h2-7,9,20H,8H2,1H3,(H,17,19). The molecule has 112 valence electrons. The molecule has 6 heteroatoms. The largest absolute Gasteiger partial charge is 0.508 e. The normalized spacial score (nSPS) is 10.6. The second kappa shape index (κ2) is 6.29. The highest BCUT2D eigenvalue weighted by atomic mass is 32.1. The SMILES string of the molecule is CC(=O)NCc1ccc(-c2csc(-c3cccc(O)c3)n2)s1. The van der Waals surface area contributed by atoms with E-state index in [1.165, 1.54) is 6.92 Å². The first-order valence-corrected chi connectivity index (χ1v) is 8.40. The molecule has 2 heterocycles. The van der Waals surface area contributed by atoms with E-state index in [1.807, 2.05) is 29.6 Å². The zero-order chi connectivity index (χ0) is 15.5. The number of thiophene rings is 1. The maximum Gasteiger partial charge on any atom is 0.217 e. The van der Waals surface area contributed by atoms with Crippen molar-refractivity contribution in [2.24, 2.45) is 0 Å². The summed E-state index contributed by atoms with van der Waals surface area (Å²) in [6.45, 7) is 2.06. The predicted molar refractivity (Wildman–Crippen MR) is 90.0 cm³/mol. The first kappa shape index (κ1) is 14.7. The van der Waals surface area contributed by atoms with Crippen LogP contribution < -0.4 is 5.32 Å². The van der Waals surface area contributed by atoms with E-state index < -0.39 is 0 Å². The number of aromatic nitrogens is 1. The number of hydrogen-bond acceptors (Lipinski definition) is 5. The van der Waals surface area contributed by atoms with Crippen LogP contribution in [-0.2, 0) is 11.3 Å². The van der Waals surface area contributed by atoms with Gasteiger partial charge in [0.15, 0.2) is 0 Å². The summed E-state index contributed by atoms with van der Waals surface area (Å²) in [7, 11) is 0. The van der Waals surface area contributed by atoms with Crippen molar-refractivity contribution in [2.75, 3.05) is 0 Å². The summed E-state index contributed by atoms with van der Waals surface area (Å²) >= 11 is 3.17. The van der Waals surface area contributed by atoms with Crippen molar-refractivity contribution in [3.05, 3.63) is 46.7 Å². The van der Waals surface area contributed by atoms with Crippen molar-refractivity contribution < 1.29 is 9.90 Å². The summed E-state index contributed by atoms with van der Waals surface area (Å²) in [5.41, 5.74) is 1.83. The average Bonchev–Trinajstić information content (AvgIpc) is 3.14. The lowest BCUT2D eigenvalue weighted by molar-refractivity contribution is -0.119.